The smallest absolute Gasteiger partial charge is 0.147 e. The molecule has 0 bridgehead atoms. The largest absolute Gasteiger partial charge is 0.494 e. The molecule has 0 radical (unpaired) electrons. The molecule has 2 N–H and O–H groups in total. The summed E-state index contributed by atoms with van der Waals surface area (Å²) < 4.78 is 11.7. The molecule has 1 fully saturated rings. The molecular weight excluding hydrogens is 366 g/mol. The van der Waals surface area contributed by atoms with Crippen LogP contribution >= 0.6 is 11.5 Å². The minimum atomic E-state index is 0.686. The van der Waals surface area contributed by atoms with Gasteiger partial charge in [0.2, 0.25) is 0 Å². The highest BCUT2D eigenvalue weighted by atomic mass is 32.1. The minimum Gasteiger partial charge on any atom is -0.494 e. The van der Waals surface area contributed by atoms with Crippen molar-refractivity contribution in [3.8, 4) is 5.75 Å². The van der Waals surface area contributed by atoms with E-state index in [9.17, 15) is 0 Å². The molecule has 0 saturated heterocycles. The minimum absolute atomic E-state index is 0.686. The van der Waals surface area contributed by atoms with Gasteiger partial charge in [-0.2, -0.15) is 4.37 Å². The van der Waals surface area contributed by atoms with Crippen LogP contribution in [0.25, 0.3) is 10.1 Å². The molecule has 2 aromatic carbocycles. The van der Waals surface area contributed by atoms with Crippen LogP contribution in [0.3, 0.4) is 0 Å². The van der Waals surface area contributed by atoms with Crippen molar-refractivity contribution in [2.45, 2.75) is 51.1 Å². The molecule has 1 aliphatic carbocycles. The zero-order valence-corrected chi connectivity index (χ0v) is 17.1. The molecule has 0 atom stereocenters. The standard InChI is InChI=1S/C23H29N3OS/c1-2-9-19(10-3-1)25-17-18-8-6-11-20(16-18)27-15-7-14-24-23-21-12-4-5-13-22(21)28-26-23/h4-6,8,11-13,16,19,25H,1-3,7,9-10,14-15,17H2,(H,24,26). The van der Waals surface area contributed by atoms with Gasteiger partial charge in [0.1, 0.15) is 11.6 Å². The van der Waals surface area contributed by atoms with Crippen molar-refractivity contribution in [2.24, 2.45) is 0 Å². The van der Waals surface area contributed by atoms with Gasteiger partial charge < -0.3 is 15.4 Å². The van der Waals surface area contributed by atoms with E-state index >= 15 is 0 Å². The highest BCUT2D eigenvalue weighted by Crippen LogP contribution is 2.26. The molecule has 1 aliphatic rings. The average Bonchev–Trinajstić information content (AvgIpc) is 3.16. The highest BCUT2D eigenvalue weighted by molar-refractivity contribution is 7.13. The summed E-state index contributed by atoms with van der Waals surface area (Å²) in [5, 5.41) is 8.33. The second-order valence-corrected chi connectivity index (χ2v) is 8.32. The summed E-state index contributed by atoms with van der Waals surface area (Å²) in [6, 6.07) is 17.5. The van der Waals surface area contributed by atoms with Crippen LogP contribution in [-0.2, 0) is 6.54 Å². The number of nitrogens with one attached hydrogen (secondary N) is 2. The molecule has 0 spiro atoms. The number of fused-ring (bicyclic) bond motifs is 1. The van der Waals surface area contributed by atoms with Gasteiger partial charge in [-0.25, -0.2) is 0 Å². The van der Waals surface area contributed by atoms with Crippen molar-refractivity contribution < 1.29 is 4.74 Å². The highest BCUT2D eigenvalue weighted by Gasteiger charge is 2.12. The maximum atomic E-state index is 5.96. The molecule has 1 heterocycles. The van der Waals surface area contributed by atoms with E-state index in [0.29, 0.717) is 12.6 Å². The van der Waals surface area contributed by atoms with Crippen molar-refractivity contribution in [1.82, 2.24) is 9.69 Å². The van der Waals surface area contributed by atoms with Gasteiger partial charge in [-0.3, -0.25) is 0 Å². The van der Waals surface area contributed by atoms with Gasteiger partial charge in [0.25, 0.3) is 0 Å². The number of benzene rings is 2. The number of ether oxygens (including phenoxy) is 1. The Morgan fingerprint density at radius 2 is 1.93 bits per heavy atom. The van der Waals surface area contributed by atoms with Crippen LogP contribution in [0.1, 0.15) is 44.1 Å². The summed E-state index contributed by atoms with van der Waals surface area (Å²) in [5.74, 6) is 1.94. The third kappa shape index (κ3) is 5.24. The van der Waals surface area contributed by atoms with E-state index in [4.69, 9.17) is 4.74 Å². The maximum Gasteiger partial charge on any atom is 0.147 e. The first-order valence-corrected chi connectivity index (χ1v) is 11.2. The molecule has 4 nitrogen and oxygen atoms in total. The van der Waals surface area contributed by atoms with Gasteiger partial charge in [0.05, 0.1) is 11.3 Å². The number of nitrogens with zero attached hydrogens (tertiary/aromatic N) is 1. The van der Waals surface area contributed by atoms with Crippen LogP contribution in [0.5, 0.6) is 5.75 Å². The predicted molar refractivity (Wildman–Crippen MR) is 118 cm³/mol. The number of anilines is 1. The van der Waals surface area contributed by atoms with Crippen molar-refractivity contribution in [1.29, 1.82) is 0 Å². The van der Waals surface area contributed by atoms with Crippen LogP contribution in [0, 0.1) is 0 Å². The first-order chi connectivity index (χ1) is 13.9. The van der Waals surface area contributed by atoms with E-state index in [1.54, 1.807) is 11.5 Å². The van der Waals surface area contributed by atoms with E-state index < -0.39 is 0 Å². The average molecular weight is 396 g/mol. The number of hydrogen-bond donors (Lipinski definition) is 2. The summed E-state index contributed by atoms with van der Waals surface area (Å²) >= 11 is 1.54. The topological polar surface area (TPSA) is 46.2 Å². The van der Waals surface area contributed by atoms with E-state index in [-0.39, 0.29) is 0 Å². The summed E-state index contributed by atoms with van der Waals surface area (Å²) in [5.41, 5.74) is 1.30. The van der Waals surface area contributed by atoms with Gasteiger partial charge in [0.15, 0.2) is 0 Å². The molecule has 0 amide bonds. The first kappa shape index (κ1) is 19.2. The summed E-state index contributed by atoms with van der Waals surface area (Å²) in [6.07, 6.45) is 7.71. The van der Waals surface area contributed by atoms with Gasteiger partial charge in [-0.15, -0.1) is 0 Å². The first-order valence-electron chi connectivity index (χ1n) is 10.4. The SMILES string of the molecule is c1cc(CNC2CCCCC2)cc(OCCCNc2nsc3ccccc23)c1. The lowest BCUT2D eigenvalue weighted by Gasteiger charge is -2.23. The van der Waals surface area contributed by atoms with Crippen molar-refractivity contribution >= 4 is 27.4 Å². The zero-order chi connectivity index (χ0) is 19.0. The Morgan fingerprint density at radius 1 is 1.04 bits per heavy atom. The fraction of sp³-hybridized carbons (Fsp3) is 0.435. The Bertz CT molecular complexity index is 873. The predicted octanol–water partition coefficient (Wildman–Crippen LogP) is 5.60. The van der Waals surface area contributed by atoms with E-state index in [0.717, 1.165) is 31.1 Å². The fourth-order valence-electron chi connectivity index (χ4n) is 3.80. The molecule has 148 valence electrons. The quantitative estimate of drug-likeness (QED) is 0.463. The molecule has 1 saturated carbocycles. The molecule has 0 aliphatic heterocycles. The fourth-order valence-corrected chi connectivity index (χ4v) is 4.55. The van der Waals surface area contributed by atoms with Crippen LogP contribution < -0.4 is 15.4 Å². The molecule has 1 aromatic heterocycles. The van der Waals surface area contributed by atoms with Crippen molar-refractivity contribution in [2.75, 3.05) is 18.5 Å². The number of aromatic nitrogens is 1. The lowest BCUT2D eigenvalue weighted by atomic mass is 9.95. The van der Waals surface area contributed by atoms with Gasteiger partial charge in [-0.1, -0.05) is 43.5 Å². The lowest BCUT2D eigenvalue weighted by molar-refractivity contribution is 0.314. The summed E-state index contributed by atoms with van der Waals surface area (Å²) in [7, 11) is 0. The third-order valence-electron chi connectivity index (χ3n) is 5.36. The Morgan fingerprint density at radius 3 is 2.86 bits per heavy atom. The van der Waals surface area contributed by atoms with Gasteiger partial charge in [0, 0.05) is 24.5 Å². The van der Waals surface area contributed by atoms with Crippen molar-refractivity contribution in [3.05, 3.63) is 54.1 Å². The molecule has 3 aromatic rings. The lowest BCUT2D eigenvalue weighted by Crippen LogP contribution is -2.30. The Balaban J connectivity index is 1.18. The van der Waals surface area contributed by atoms with Gasteiger partial charge in [-0.05, 0) is 60.6 Å². The summed E-state index contributed by atoms with van der Waals surface area (Å²) in [6.45, 7) is 2.49. The van der Waals surface area contributed by atoms with Crippen LogP contribution in [0.15, 0.2) is 48.5 Å². The third-order valence-corrected chi connectivity index (χ3v) is 6.18. The molecular formula is C23H29N3OS. The molecule has 28 heavy (non-hydrogen) atoms. The Labute approximate surface area is 171 Å². The normalized spacial score (nSPS) is 15.0. The van der Waals surface area contributed by atoms with Crippen molar-refractivity contribution in [3.63, 3.8) is 0 Å². The zero-order valence-electron chi connectivity index (χ0n) is 16.3. The molecule has 0 unspecified atom stereocenters. The second-order valence-electron chi connectivity index (χ2n) is 7.52. The van der Waals surface area contributed by atoms with E-state index in [1.807, 2.05) is 6.07 Å². The molecule has 5 heteroatoms. The second kappa shape index (κ2) is 9.89. The van der Waals surface area contributed by atoms with Crippen LogP contribution in [-0.4, -0.2) is 23.6 Å². The Kier molecular flexibility index (Phi) is 6.79. The van der Waals surface area contributed by atoms with Crippen LogP contribution in [0.2, 0.25) is 0 Å². The van der Waals surface area contributed by atoms with E-state index in [2.05, 4.69) is 57.5 Å². The van der Waals surface area contributed by atoms with Gasteiger partial charge >= 0.3 is 0 Å². The summed E-state index contributed by atoms with van der Waals surface area (Å²) in [4.78, 5) is 0. The monoisotopic (exact) mass is 395 g/mol. The number of hydrogen-bond acceptors (Lipinski definition) is 5. The Hall–Kier alpha value is -2.11. The van der Waals surface area contributed by atoms with Crippen LogP contribution in [0.4, 0.5) is 5.82 Å². The maximum absolute atomic E-state index is 5.96. The van der Waals surface area contributed by atoms with E-state index in [1.165, 1.54) is 47.8 Å². The molecule has 4 rings (SSSR count). The number of rotatable bonds is 9.